The lowest BCUT2D eigenvalue weighted by atomic mass is 10.1. The number of benzene rings is 2. The van der Waals surface area contributed by atoms with Crippen molar-refractivity contribution >= 4 is 38.2 Å². The van der Waals surface area contributed by atoms with E-state index in [1.807, 2.05) is 66.3 Å². The number of ether oxygens (including phenoxy) is 2. The third-order valence-electron chi connectivity index (χ3n) is 6.94. The largest absolute Gasteiger partial charge is 0.492 e. The van der Waals surface area contributed by atoms with Gasteiger partial charge in [0.25, 0.3) is 0 Å². The molecule has 3 aromatic heterocycles. The molecule has 2 aromatic carbocycles. The van der Waals surface area contributed by atoms with Gasteiger partial charge in [0.15, 0.2) is 0 Å². The van der Waals surface area contributed by atoms with Crippen molar-refractivity contribution in [2.75, 3.05) is 19.7 Å². The van der Waals surface area contributed by atoms with Crippen molar-refractivity contribution in [3.63, 3.8) is 0 Å². The highest BCUT2D eigenvalue weighted by Gasteiger charge is 2.21. The van der Waals surface area contributed by atoms with Crippen molar-refractivity contribution in [1.82, 2.24) is 14.5 Å². The van der Waals surface area contributed by atoms with Crippen LogP contribution in [0.4, 0.5) is 0 Å². The van der Waals surface area contributed by atoms with E-state index in [1.54, 1.807) is 11.3 Å². The van der Waals surface area contributed by atoms with Gasteiger partial charge in [-0.15, -0.1) is 11.3 Å². The Kier molecular flexibility index (Phi) is 6.25. The first-order valence-corrected chi connectivity index (χ1v) is 13.3. The fourth-order valence-corrected chi connectivity index (χ4v) is 5.85. The molecule has 6 rings (SSSR count). The zero-order chi connectivity index (χ0) is 24.5. The zero-order valence-electron chi connectivity index (χ0n) is 20.3. The minimum atomic E-state index is 0.0427. The summed E-state index contributed by atoms with van der Waals surface area (Å²) in [5.41, 5.74) is 3.56. The molecule has 1 saturated heterocycles. The van der Waals surface area contributed by atoms with E-state index in [9.17, 15) is 4.79 Å². The lowest BCUT2D eigenvalue weighted by Crippen LogP contribution is -2.34. The van der Waals surface area contributed by atoms with Gasteiger partial charge in [0.1, 0.15) is 24.2 Å². The maximum absolute atomic E-state index is 13.6. The van der Waals surface area contributed by atoms with Gasteiger partial charge in [-0.1, -0.05) is 18.2 Å². The Morgan fingerprint density at radius 3 is 2.61 bits per heavy atom. The first kappa shape index (κ1) is 22.9. The van der Waals surface area contributed by atoms with Crippen molar-refractivity contribution in [3.05, 3.63) is 83.5 Å². The molecule has 7 heteroatoms. The summed E-state index contributed by atoms with van der Waals surface area (Å²) in [6.07, 6.45) is 4.32. The summed E-state index contributed by atoms with van der Waals surface area (Å²) in [6.45, 7) is 3.16. The standard InChI is InChI=1S/C29H29N3O3S/c1-31-26-12-17-36-28(26)18-27(31)29(33)24-19-32(25-5-3-2-4-23(24)25)15-16-34-20-6-8-21(9-7-20)35-22-10-13-30-14-11-22/h2-9,12,17-19,22,30H,10-11,13-16H2,1H3. The Balaban J connectivity index is 1.15. The average Bonchev–Trinajstić information content (AvgIpc) is 3.61. The Bertz CT molecular complexity index is 1510. The first-order valence-electron chi connectivity index (χ1n) is 12.4. The van der Waals surface area contributed by atoms with Crippen molar-refractivity contribution < 1.29 is 14.3 Å². The van der Waals surface area contributed by atoms with Crippen LogP contribution >= 0.6 is 11.3 Å². The van der Waals surface area contributed by atoms with Crippen LogP contribution in [-0.4, -0.2) is 40.7 Å². The van der Waals surface area contributed by atoms with Crippen LogP contribution in [0.15, 0.2) is 72.2 Å². The summed E-state index contributed by atoms with van der Waals surface area (Å²) in [6, 6.07) is 20.0. The Morgan fingerprint density at radius 1 is 1.03 bits per heavy atom. The Labute approximate surface area is 214 Å². The normalized spacial score (nSPS) is 14.5. The number of carbonyl (C=O) groups is 1. The van der Waals surface area contributed by atoms with Gasteiger partial charge in [-0.05, 0) is 73.8 Å². The van der Waals surface area contributed by atoms with E-state index in [0.717, 1.165) is 64.1 Å². The van der Waals surface area contributed by atoms with E-state index in [2.05, 4.69) is 27.4 Å². The quantitative estimate of drug-likeness (QED) is 0.281. The molecule has 0 bridgehead atoms. The SMILES string of the molecule is Cn1c(C(=O)c2cn(CCOc3ccc(OC4CCNCC4)cc3)c3ccccc23)cc2sccc21. The van der Waals surface area contributed by atoms with Crippen LogP contribution in [-0.2, 0) is 13.6 Å². The highest BCUT2D eigenvalue weighted by molar-refractivity contribution is 7.17. The number of nitrogens with zero attached hydrogens (tertiary/aromatic N) is 2. The molecule has 5 aromatic rings. The lowest BCUT2D eigenvalue weighted by molar-refractivity contribution is 0.103. The molecule has 6 nitrogen and oxygen atoms in total. The molecule has 0 amide bonds. The maximum Gasteiger partial charge on any atom is 0.211 e. The number of thiophene rings is 1. The fraction of sp³-hybridized carbons (Fsp3) is 0.276. The molecule has 1 fully saturated rings. The number of carbonyl (C=O) groups excluding carboxylic acids is 1. The van der Waals surface area contributed by atoms with Crippen LogP contribution in [0.3, 0.4) is 0 Å². The van der Waals surface area contributed by atoms with Gasteiger partial charge in [-0.2, -0.15) is 0 Å². The van der Waals surface area contributed by atoms with E-state index in [1.165, 1.54) is 0 Å². The van der Waals surface area contributed by atoms with Gasteiger partial charge in [-0.25, -0.2) is 0 Å². The smallest absolute Gasteiger partial charge is 0.211 e. The van der Waals surface area contributed by atoms with Crippen molar-refractivity contribution in [2.45, 2.75) is 25.5 Å². The maximum atomic E-state index is 13.6. The first-order chi connectivity index (χ1) is 17.7. The predicted octanol–water partition coefficient (Wildman–Crippen LogP) is 5.64. The topological polar surface area (TPSA) is 57.4 Å². The van der Waals surface area contributed by atoms with Crippen LogP contribution in [0, 0.1) is 0 Å². The summed E-state index contributed by atoms with van der Waals surface area (Å²) >= 11 is 1.66. The average molecular weight is 500 g/mol. The molecule has 184 valence electrons. The monoisotopic (exact) mass is 499 g/mol. The molecule has 0 radical (unpaired) electrons. The highest BCUT2D eigenvalue weighted by Crippen LogP contribution is 2.29. The summed E-state index contributed by atoms with van der Waals surface area (Å²) in [5.74, 6) is 1.74. The molecular formula is C29H29N3O3S. The number of para-hydroxylation sites is 1. The van der Waals surface area contributed by atoms with Crippen LogP contribution in [0.1, 0.15) is 28.9 Å². The summed E-state index contributed by atoms with van der Waals surface area (Å²) < 4.78 is 17.3. The molecule has 0 unspecified atom stereocenters. The summed E-state index contributed by atoms with van der Waals surface area (Å²) in [5, 5.41) is 6.38. The minimum absolute atomic E-state index is 0.0427. The van der Waals surface area contributed by atoms with Crippen LogP contribution in [0.2, 0.25) is 0 Å². The number of nitrogens with one attached hydrogen (secondary N) is 1. The number of aromatic nitrogens is 2. The Morgan fingerprint density at radius 2 is 1.81 bits per heavy atom. The van der Waals surface area contributed by atoms with Gasteiger partial charge in [-0.3, -0.25) is 4.79 Å². The van der Waals surface area contributed by atoms with E-state index in [-0.39, 0.29) is 11.9 Å². The fourth-order valence-electron chi connectivity index (χ4n) is 5.00. The zero-order valence-corrected chi connectivity index (χ0v) is 21.1. The third kappa shape index (κ3) is 4.40. The van der Waals surface area contributed by atoms with Gasteiger partial charge < -0.3 is 23.9 Å². The van der Waals surface area contributed by atoms with E-state index in [4.69, 9.17) is 9.47 Å². The number of ketones is 1. The number of hydrogen-bond donors (Lipinski definition) is 1. The number of piperidine rings is 1. The number of aryl methyl sites for hydroxylation is 1. The summed E-state index contributed by atoms with van der Waals surface area (Å²) in [7, 11) is 1.96. The lowest BCUT2D eigenvalue weighted by Gasteiger charge is -2.23. The molecule has 4 heterocycles. The van der Waals surface area contributed by atoms with Gasteiger partial charge in [0, 0.05) is 29.7 Å². The van der Waals surface area contributed by atoms with Gasteiger partial charge >= 0.3 is 0 Å². The van der Waals surface area contributed by atoms with Crippen molar-refractivity contribution in [2.24, 2.45) is 7.05 Å². The number of hydrogen-bond acceptors (Lipinski definition) is 5. The third-order valence-corrected chi connectivity index (χ3v) is 7.80. The molecule has 1 N–H and O–H groups in total. The molecule has 0 spiro atoms. The van der Waals surface area contributed by atoms with Crippen molar-refractivity contribution in [1.29, 1.82) is 0 Å². The summed E-state index contributed by atoms with van der Waals surface area (Å²) in [4.78, 5) is 13.6. The van der Waals surface area contributed by atoms with Crippen LogP contribution in [0.5, 0.6) is 11.5 Å². The second-order valence-electron chi connectivity index (χ2n) is 9.23. The van der Waals surface area contributed by atoms with Crippen LogP contribution in [0.25, 0.3) is 21.1 Å². The van der Waals surface area contributed by atoms with E-state index >= 15 is 0 Å². The molecule has 36 heavy (non-hydrogen) atoms. The number of fused-ring (bicyclic) bond motifs is 2. The number of rotatable bonds is 8. The van der Waals surface area contributed by atoms with Gasteiger partial charge in [0.2, 0.25) is 5.78 Å². The van der Waals surface area contributed by atoms with Crippen molar-refractivity contribution in [3.8, 4) is 11.5 Å². The van der Waals surface area contributed by atoms with Crippen LogP contribution < -0.4 is 14.8 Å². The van der Waals surface area contributed by atoms with E-state index < -0.39 is 0 Å². The van der Waals surface area contributed by atoms with E-state index in [0.29, 0.717) is 18.8 Å². The molecule has 0 saturated carbocycles. The highest BCUT2D eigenvalue weighted by atomic mass is 32.1. The Hall–Kier alpha value is -3.55. The second-order valence-corrected chi connectivity index (χ2v) is 10.2. The van der Waals surface area contributed by atoms with Gasteiger partial charge in [0.05, 0.1) is 22.5 Å². The molecule has 0 atom stereocenters. The predicted molar refractivity (Wildman–Crippen MR) is 145 cm³/mol. The minimum Gasteiger partial charge on any atom is -0.492 e. The molecule has 0 aliphatic carbocycles. The molecular weight excluding hydrogens is 470 g/mol. The molecule has 1 aliphatic heterocycles. The molecule has 1 aliphatic rings. The second kappa shape index (κ2) is 9.84.